The second kappa shape index (κ2) is 9.31. The molecule has 2 unspecified atom stereocenters. The Morgan fingerprint density at radius 3 is 2.62 bits per heavy atom. The molecule has 0 radical (unpaired) electrons. The van der Waals surface area contributed by atoms with Crippen LogP contribution in [0.1, 0.15) is 45.2 Å². The first-order chi connectivity index (χ1) is 10.0. The van der Waals surface area contributed by atoms with Crippen molar-refractivity contribution in [1.29, 1.82) is 0 Å². The van der Waals surface area contributed by atoms with Crippen LogP contribution in [-0.4, -0.2) is 31.6 Å². The summed E-state index contributed by atoms with van der Waals surface area (Å²) in [5.74, 6) is 0.922. The monoisotopic (exact) mass is 312 g/mol. The number of nitrogens with one attached hydrogen (secondary N) is 1. The van der Waals surface area contributed by atoms with E-state index in [0.717, 1.165) is 36.4 Å². The van der Waals surface area contributed by atoms with E-state index in [2.05, 4.69) is 44.3 Å². The van der Waals surface area contributed by atoms with E-state index in [1.54, 1.807) is 12.1 Å². The first kappa shape index (κ1) is 18.3. The molecular formula is C17H29FN2S. The van der Waals surface area contributed by atoms with Gasteiger partial charge in [0.05, 0.1) is 0 Å². The van der Waals surface area contributed by atoms with E-state index in [0.29, 0.717) is 6.04 Å². The first-order valence-corrected chi connectivity index (χ1v) is 9.19. The highest BCUT2D eigenvalue weighted by atomic mass is 32.2. The van der Waals surface area contributed by atoms with Gasteiger partial charge in [0, 0.05) is 30.6 Å². The zero-order valence-corrected chi connectivity index (χ0v) is 14.8. The molecule has 120 valence electrons. The van der Waals surface area contributed by atoms with Gasteiger partial charge >= 0.3 is 0 Å². The van der Waals surface area contributed by atoms with Gasteiger partial charge in [-0.1, -0.05) is 13.8 Å². The number of rotatable bonds is 9. The van der Waals surface area contributed by atoms with Gasteiger partial charge in [-0.15, -0.1) is 0 Å². The highest BCUT2D eigenvalue weighted by Crippen LogP contribution is 2.29. The van der Waals surface area contributed by atoms with E-state index >= 15 is 0 Å². The van der Waals surface area contributed by atoms with Crippen LogP contribution in [0.2, 0.25) is 0 Å². The summed E-state index contributed by atoms with van der Waals surface area (Å²) in [5.41, 5.74) is 2.18. The SMILES string of the molecule is CCCNC(C)c1cc(F)ccc1N(C)C(CC)CSC. The van der Waals surface area contributed by atoms with Crippen LogP contribution in [-0.2, 0) is 0 Å². The molecule has 2 nitrogen and oxygen atoms in total. The Morgan fingerprint density at radius 1 is 1.33 bits per heavy atom. The lowest BCUT2D eigenvalue weighted by Gasteiger charge is -2.32. The normalized spacial score (nSPS) is 14.0. The summed E-state index contributed by atoms with van der Waals surface area (Å²) >= 11 is 1.86. The number of halogens is 1. The lowest BCUT2D eigenvalue weighted by Crippen LogP contribution is -2.34. The molecule has 0 aliphatic rings. The van der Waals surface area contributed by atoms with Crippen molar-refractivity contribution in [3.05, 3.63) is 29.6 Å². The van der Waals surface area contributed by atoms with Gasteiger partial charge in [-0.05, 0) is 56.3 Å². The fourth-order valence-corrected chi connectivity index (χ4v) is 3.40. The van der Waals surface area contributed by atoms with Gasteiger partial charge in [0.25, 0.3) is 0 Å². The van der Waals surface area contributed by atoms with E-state index in [1.807, 2.05) is 17.8 Å². The van der Waals surface area contributed by atoms with Crippen molar-refractivity contribution >= 4 is 17.4 Å². The average Bonchev–Trinajstić information content (AvgIpc) is 2.49. The van der Waals surface area contributed by atoms with Crippen LogP contribution in [0.3, 0.4) is 0 Å². The summed E-state index contributed by atoms with van der Waals surface area (Å²) in [7, 11) is 2.12. The molecule has 0 saturated heterocycles. The fraction of sp³-hybridized carbons (Fsp3) is 0.647. The number of anilines is 1. The minimum absolute atomic E-state index is 0.157. The second-order valence-corrected chi connectivity index (χ2v) is 6.42. The fourth-order valence-electron chi connectivity index (χ4n) is 2.56. The lowest BCUT2D eigenvalue weighted by molar-refractivity contribution is 0.558. The van der Waals surface area contributed by atoms with Crippen molar-refractivity contribution in [3.8, 4) is 0 Å². The lowest BCUT2D eigenvalue weighted by atomic mass is 10.0. The van der Waals surface area contributed by atoms with Crippen LogP contribution >= 0.6 is 11.8 Å². The summed E-state index contributed by atoms with van der Waals surface area (Å²) in [4.78, 5) is 2.30. The van der Waals surface area contributed by atoms with Gasteiger partial charge in [0.1, 0.15) is 5.82 Å². The molecule has 0 heterocycles. The number of benzene rings is 1. The van der Waals surface area contributed by atoms with Gasteiger partial charge in [-0.3, -0.25) is 0 Å². The Kier molecular flexibility index (Phi) is 8.12. The zero-order chi connectivity index (χ0) is 15.8. The zero-order valence-electron chi connectivity index (χ0n) is 13.9. The largest absolute Gasteiger partial charge is 0.371 e. The highest BCUT2D eigenvalue weighted by molar-refractivity contribution is 7.98. The van der Waals surface area contributed by atoms with E-state index in [9.17, 15) is 4.39 Å². The standard InChI is InChI=1S/C17H29FN2S/c1-6-10-19-13(3)16-11-14(18)8-9-17(16)20(4)15(7-2)12-21-5/h8-9,11,13,15,19H,6-7,10,12H2,1-5H3. The summed E-state index contributed by atoms with van der Waals surface area (Å²) < 4.78 is 13.7. The molecule has 0 aliphatic carbocycles. The smallest absolute Gasteiger partial charge is 0.123 e. The van der Waals surface area contributed by atoms with Crippen LogP contribution in [0.5, 0.6) is 0 Å². The molecule has 21 heavy (non-hydrogen) atoms. The van der Waals surface area contributed by atoms with Crippen molar-refractivity contribution in [3.63, 3.8) is 0 Å². The van der Waals surface area contributed by atoms with Crippen molar-refractivity contribution in [2.24, 2.45) is 0 Å². The summed E-state index contributed by atoms with van der Waals surface area (Å²) in [6.07, 6.45) is 4.30. The Balaban J connectivity index is 3.04. The molecule has 1 aromatic carbocycles. The van der Waals surface area contributed by atoms with E-state index in [4.69, 9.17) is 0 Å². The maximum absolute atomic E-state index is 13.7. The second-order valence-electron chi connectivity index (χ2n) is 5.51. The van der Waals surface area contributed by atoms with Gasteiger partial charge in [0.15, 0.2) is 0 Å². The molecule has 2 atom stereocenters. The third kappa shape index (κ3) is 5.19. The molecule has 0 saturated carbocycles. The van der Waals surface area contributed by atoms with Crippen LogP contribution in [0.4, 0.5) is 10.1 Å². The van der Waals surface area contributed by atoms with Crippen molar-refractivity contribution in [2.45, 2.75) is 45.7 Å². The van der Waals surface area contributed by atoms with Crippen LogP contribution in [0.15, 0.2) is 18.2 Å². The number of hydrogen-bond donors (Lipinski definition) is 1. The van der Waals surface area contributed by atoms with Crippen molar-refractivity contribution < 1.29 is 4.39 Å². The average molecular weight is 312 g/mol. The highest BCUT2D eigenvalue weighted by Gasteiger charge is 2.19. The quantitative estimate of drug-likeness (QED) is 0.724. The molecule has 0 aliphatic heterocycles. The topological polar surface area (TPSA) is 15.3 Å². The van der Waals surface area contributed by atoms with Crippen LogP contribution < -0.4 is 10.2 Å². The summed E-state index contributed by atoms with van der Waals surface area (Å²) in [6.45, 7) is 7.41. The number of thioether (sulfide) groups is 1. The van der Waals surface area contributed by atoms with Gasteiger partial charge in [-0.25, -0.2) is 4.39 Å². The Bertz CT molecular complexity index is 425. The third-order valence-corrected chi connectivity index (χ3v) is 4.63. The molecule has 1 rings (SSSR count). The molecule has 0 fully saturated rings. The predicted molar refractivity (Wildman–Crippen MR) is 94.0 cm³/mol. The first-order valence-electron chi connectivity index (χ1n) is 7.79. The Hall–Kier alpha value is -0.740. The summed E-state index contributed by atoms with van der Waals surface area (Å²) in [5, 5.41) is 3.46. The molecular weight excluding hydrogens is 283 g/mol. The van der Waals surface area contributed by atoms with Crippen molar-refractivity contribution in [1.82, 2.24) is 5.32 Å². The molecule has 0 aromatic heterocycles. The number of hydrogen-bond acceptors (Lipinski definition) is 3. The number of nitrogens with zero attached hydrogens (tertiary/aromatic N) is 1. The maximum Gasteiger partial charge on any atom is 0.123 e. The van der Waals surface area contributed by atoms with E-state index < -0.39 is 0 Å². The van der Waals surface area contributed by atoms with Gasteiger partial charge in [0.2, 0.25) is 0 Å². The third-order valence-electron chi connectivity index (χ3n) is 3.91. The van der Waals surface area contributed by atoms with Crippen molar-refractivity contribution in [2.75, 3.05) is 30.5 Å². The van der Waals surface area contributed by atoms with Gasteiger partial charge < -0.3 is 10.2 Å². The van der Waals surface area contributed by atoms with Crippen LogP contribution in [0.25, 0.3) is 0 Å². The Labute approximate surface area is 133 Å². The Morgan fingerprint density at radius 2 is 2.05 bits per heavy atom. The minimum Gasteiger partial charge on any atom is -0.371 e. The molecule has 1 aromatic rings. The van der Waals surface area contributed by atoms with Gasteiger partial charge in [-0.2, -0.15) is 11.8 Å². The molecule has 4 heteroatoms. The molecule has 1 N–H and O–H groups in total. The minimum atomic E-state index is -0.162. The predicted octanol–water partition coefficient (Wildman–Crippen LogP) is 4.46. The van der Waals surface area contributed by atoms with E-state index in [-0.39, 0.29) is 11.9 Å². The molecule has 0 spiro atoms. The van der Waals surface area contributed by atoms with Crippen LogP contribution in [0, 0.1) is 5.82 Å². The van der Waals surface area contributed by atoms with E-state index in [1.165, 1.54) is 0 Å². The maximum atomic E-state index is 13.7. The summed E-state index contributed by atoms with van der Waals surface area (Å²) in [6, 6.07) is 5.78. The molecule has 0 bridgehead atoms. The molecule has 0 amide bonds.